The van der Waals surface area contributed by atoms with E-state index in [1.165, 1.54) is 0 Å². The summed E-state index contributed by atoms with van der Waals surface area (Å²) >= 11 is 0. The predicted molar refractivity (Wildman–Crippen MR) is 127 cm³/mol. The smallest absolute Gasteiger partial charge is 0.240 e. The number of nitrogens with one attached hydrogen (secondary N) is 2. The van der Waals surface area contributed by atoms with E-state index in [0.717, 1.165) is 16.7 Å². The van der Waals surface area contributed by atoms with E-state index in [0.29, 0.717) is 30.9 Å². The standard InChI is InChI=1S/C25H28N2O5S/c1-31-23-14-10-21(16-24(23)32-2)17-26-25(28)15-11-19-8-12-22(13-9-19)33(29,30)27-18-20-6-4-3-5-7-20/h3-10,12-14,16,27H,11,15,17-18H2,1-2H3,(H,26,28). The average molecular weight is 469 g/mol. The van der Waals surface area contributed by atoms with Crippen molar-refractivity contribution in [3.63, 3.8) is 0 Å². The minimum absolute atomic E-state index is 0.0917. The van der Waals surface area contributed by atoms with Gasteiger partial charge in [-0.3, -0.25) is 4.79 Å². The van der Waals surface area contributed by atoms with Crippen molar-refractivity contribution >= 4 is 15.9 Å². The first kappa shape index (κ1) is 24.3. The Balaban J connectivity index is 1.48. The van der Waals surface area contributed by atoms with E-state index >= 15 is 0 Å². The van der Waals surface area contributed by atoms with Gasteiger partial charge in [-0.15, -0.1) is 0 Å². The van der Waals surface area contributed by atoms with E-state index in [1.807, 2.05) is 42.5 Å². The zero-order valence-electron chi connectivity index (χ0n) is 18.7. The van der Waals surface area contributed by atoms with Crippen LogP contribution in [0.25, 0.3) is 0 Å². The Hall–Kier alpha value is -3.36. The third-order valence-electron chi connectivity index (χ3n) is 5.12. The fourth-order valence-electron chi connectivity index (χ4n) is 3.23. The maximum absolute atomic E-state index is 12.5. The lowest BCUT2D eigenvalue weighted by molar-refractivity contribution is -0.121. The van der Waals surface area contributed by atoms with Crippen molar-refractivity contribution in [2.24, 2.45) is 0 Å². The fourth-order valence-corrected chi connectivity index (χ4v) is 4.25. The molecule has 0 radical (unpaired) electrons. The highest BCUT2D eigenvalue weighted by molar-refractivity contribution is 7.89. The van der Waals surface area contributed by atoms with E-state index in [2.05, 4.69) is 10.0 Å². The molecule has 8 heteroatoms. The molecule has 0 saturated heterocycles. The van der Waals surface area contributed by atoms with E-state index in [1.54, 1.807) is 44.6 Å². The lowest BCUT2D eigenvalue weighted by Crippen LogP contribution is -2.23. The quantitative estimate of drug-likeness (QED) is 0.450. The molecule has 3 rings (SSSR count). The number of benzene rings is 3. The lowest BCUT2D eigenvalue weighted by atomic mass is 10.1. The van der Waals surface area contributed by atoms with Gasteiger partial charge in [0.15, 0.2) is 11.5 Å². The number of carbonyl (C=O) groups excluding carboxylic acids is 1. The van der Waals surface area contributed by atoms with Gasteiger partial charge in [-0.1, -0.05) is 48.5 Å². The van der Waals surface area contributed by atoms with Crippen molar-refractivity contribution in [3.8, 4) is 11.5 Å². The van der Waals surface area contributed by atoms with Crippen LogP contribution >= 0.6 is 0 Å². The van der Waals surface area contributed by atoms with Gasteiger partial charge in [-0.05, 0) is 47.4 Å². The Morgan fingerprint density at radius 3 is 2.12 bits per heavy atom. The van der Waals surface area contributed by atoms with Gasteiger partial charge in [0.25, 0.3) is 0 Å². The highest BCUT2D eigenvalue weighted by Gasteiger charge is 2.14. The van der Waals surface area contributed by atoms with Crippen LogP contribution in [-0.4, -0.2) is 28.5 Å². The average Bonchev–Trinajstić information content (AvgIpc) is 2.85. The van der Waals surface area contributed by atoms with Crippen molar-refractivity contribution in [2.45, 2.75) is 30.8 Å². The molecule has 0 fully saturated rings. The summed E-state index contributed by atoms with van der Waals surface area (Å²) in [5.41, 5.74) is 2.67. The molecule has 33 heavy (non-hydrogen) atoms. The topological polar surface area (TPSA) is 93.7 Å². The summed E-state index contributed by atoms with van der Waals surface area (Å²) in [5, 5.41) is 2.88. The van der Waals surface area contributed by atoms with Gasteiger partial charge in [-0.2, -0.15) is 0 Å². The van der Waals surface area contributed by atoms with E-state index in [-0.39, 0.29) is 17.3 Å². The van der Waals surface area contributed by atoms with Gasteiger partial charge < -0.3 is 14.8 Å². The van der Waals surface area contributed by atoms with E-state index in [4.69, 9.17) is 9.47 Å². The second-order valence-corrected chi connectivity index (χ2v) is 9.19. The Labute approximate surface area is 194 Å². The van der Waals surface area contributed by atoms with Crippen molar-refractivity contribution in [1.82, 2.24) is 10.0 Å². The first-order chi connectivity index (χ1) is 15.9. The molecular formula is C25H28N2O5S. The van der Waals surface area contributed by atoms with E-state index in [9.17, 15) is 13.2 Å². The lowest BCUT2D eigenvalue weighted by Gasteiger charge is -2.10. The van der Waals surface area contributed by atoms with E-state index < -0.39 is 10.0 Å². The summed E-state index contributed by atoms with van der Waals surface area (Å²) in [5.74, 6) is 1.15. The third kappa shape index (κ3) is 7.06. The molecule has 0 aliphatic carbocycles. The molecule has 0 aliphatic rings. The molecule has 1 amide bonds. The van der Waals surface area contributed by atoms with Crippen LogP contribution in [0.15, 0.2) is 77.7 Å². The van der Waals surface area contributed by atoms with Gasteiger partial charge >= 0.3 is 0 Å². The summed E-state index contributed by atoms with van der Waals surface area (Å²) < 4.78 is 38.1. The number of sulfonamides is 1. The molecule has 0 unspecified atom stereocenters. The molecule has 0 aromatic heterocycles. The van der Waals surface area contributed by atoms with Crippen molar-refractivity contribution in [3.05, 3.63) is 89.5 Å². The molecule has 174 valence electrons. The molecule has 7 nitrogen and oxygen atoms in total. The van der Waals surface area contributed by atoms with Gasteiger partial charge in [0.2, 0.25) is 15.9 Å². The predicted octanol–water partition coefficient (Wildman–Crippen LogP) is 3.43. The summed E-state index contributed by atoms with van der Waals surface area (Å²) in [7, 11) is -0.468. The first-order valence-electron chi connectivity index (χ1n) is 10.5. The van der Waals surface area contributed by atoms with Gasteiger partial charge in [0.05, 0.1) is 19.1 Å². The van der Waals surface area contributed by atoms with Crippen LogP contribution < -0.4 is 19.5 Å². The number of amides is 1. The zero-order valence-corrected chi connectivity index (χ0v) is 19.5. The number of rotatable bonds is 11. The van der Waals surface area contributed by atoms with Crippen molar-refractivity contribution < 1.29 is 22.7 Å². The summed E-state index contributed by atoms with van der Waals surface area (Å²) in [4.78, 5) is 12.4. The first-order valence-corrected chi connectivity index (χ1v) is 12.0. The normalized spacial score (nSPS) is 11.1. The van der Waals surface area contributed by atoms with Crippen LogP contribution in [0.5, 0.6) is 11.5 Å². The zero-order chi connectivity index (χ0) is 23.7. The van der Waals surface area contributed by atoms with Crippen LogP contribution in [0.2, 0.25) is 0 Å². The molecule has 3 aromatic carbocycles. The number of hydrogen-bond acceptors (Lipinski definition) is 5. The Morgan fingerprint density at radius 2 is 1.45 bits per heavy atom. The van der Waals surface area contributed by atoms with Crippen molar-refractivity contribution in [2.75, 3.05) is 14.2 Å². The largest absolute Gasteiger partial charge is 0.493 e. The number of aryl methyl sites for hydroxylation is 1. The molecule has 3 aromatic rings. The SMILES string of the molecule is COc1ccc(CNC(=O)CCc2ccc(S(=O)(=O)NCc3ccccc3)cc2)cc1OC. The number of hydrogen-bond donors (Lipinski definition) is 2. The van der Waals surface area contributed by atoms with Crippen LogP contribution in [0.1, 0.15) is 23.1 Å². The maximum Gasteiger partial charge on any atom is 0.240 e. The highest BCUT2D eigenvalue weighted by Crippen LogP contribution is 2.27. The molecule has 0 atom stereocenters. The minimum atomic E-state index is -3.61. The van der Waals surface area contributed by atoms with Crippen molar-refractivity contribution in [1.29, 1.82) is 0 Å². The number of carbonyl (C=O) groups is 1. The molecule has 0 bridgehead atoms. The molecular weight excluding hydrogens is 440 g/mol. The molecule has 0 saturated carbocycles. The van der Waals surface area contributed by atoms with Crippen LogP contribution in [0.3, 0.4) is 0 Å². The fraction of sp³-hybridized carbons (Fsp3) is 0.240. The van der Waals surface area contributed by atoms with Gasteiger partial charge in [-0.25, -0.2) is 13.1 Å². The van der Waals surface area contributed by atoms with Crippen LogP contribution in [0.4, 0.5) is 0 Å². The minimum Gasteiger partial charge on any atom is -0.493 e. The highest BCUT2D eigenvalue weighted by atomic mass is 32.2. The third-order valence-corrected chi connectivity index (χ3v) is 6.54. The molecule has 2 N–H and O–H groups in total. The molecule has 0 heterocycles. The number of ether oxygens (including phenoxy) is 2. The molecule has 0 aliphatic heterocycles. The second-order valence-electron chi connectivity index (χ2n) is 7.42. The number of methoxy groups -OCH3 is 2. The monoisotopic (exact) mass is 468 g/mol. The van der Waals surface area contributed by atoms with Crippen LogP contribution in [-0.2, 0) is 34.3 Å². The summed E-state index contributed by atoms with van der Waals surface area (Å²) in [6, 6.07) is 21.4. The molecule has 0 spiro atoms. The van der Waals surface area contributed by atoms with Gasteiger partial charge in [0.1, 0.15) is 0 Å². The Kier molecular flexibility index (Phi) is 8.46. The Bertz CT molecular complexity index is 1160. The summed E-state index contributed by atoms with van der Waals surface area (Å²) in [6.07, 6.45) is 0.807. The van der Waals surface area contributed by atoms with Gasteiger partial charge in [0, 0.05) is 19.5 Å². The summed E-state index contributed by atoms with van der Waals surface area (Å²) in [6.45, 7) is 0.606. The Morgan fingerprint density at radius 1 is 0.788 bits per heavy atom. The maximum atomic E-state index is 12.5. The second kappa shape index (κ2) is 11.5. The van der Waals surface area contributed by atoms with Crippen LogP contribution in [0, 0.1) is 0 Å².